The fourth-order valence-electron chi connectivity index (χ4n) is 2.57. The van der Waals surface area contributed by atoms with Crippen molar-refractivity contribution in [1.82, 2.24) is 10.2 Å². The first-order chi connectivity index (χ1) is 12.5. The lowest BCUT2D eigenvalue weighted by Crippen LogP contribution is -2.30. The molecule has 0 unspecified atom stereocenters. The summed E-state index contributed by atoms with van der Waals surface area (Å²) in [5.74, 6) is 0.265. The fourth-order valence-corrected chi connectivity index (χ4v) is 2.57. The van der Waals surface area contributed by atoms with Crippen molar-refractivity contribution in [1.29, 1.82) is 0 Å². The number of furan rings is 1. The van der Waals surface area contributed by atoms with Gasteiger partial charge in [-0.15, -0.1) is 0 Å². The molecular formula is C19H18N2O5. The molecule has 1 fully saturated rings. The van der Waals surface area contributed by atoms with Gasteiger partial charge in [0.15, 0.2) is 0 Å². The molecule has 7 heteroatoms. The third kappa shape index (κ3) is 3.37. The number of ether oxygens (including phenoxy) is 1. The van der Waals surface area contributed by atoms with Crippen LogP contribution in [0.4, 0.5) is 4.79 Å². The summed E-state index contributed by atoms with van der Waals surface area (Å²) in [4.78, 5) is 36.5. The molecule has 1 aliphatic heterocycles. The van der Waals surface area contributed by atoms with Crippen molar-refractivity contribution in [3.05, 3.63) is 53.4 Å². The molecule has 1 N–H and O–H groups in total. The lowest BCUT2D eigenvalue weighted by Gasteiger charge is -2.05. The van der Waals surface area contributed by atoms with Gasteiger partial charge in [-0.1, -0.05) is 12.1 Å². The van der Waals surface area contributed by atoms with Crippen LogP contribution in [0, 0.1) is 0 Å². The van der Waals surface area contributed by atoms with E-state index in [9.17, 15) is 14.4 Å². The van der Waals surface area contributed by atoms with Gasteiger partial charge in [0.05, 0.1) is 12.2 Å². The molecule has 1 aliphatic rings. The van der Waals surface area contributed by atoms with Gasteiger partial charge >= 0.3 is 12.0 Å². The summed E-state index contributed by atoms with van der Waals surface area (Å²) in [6, 6.07) is 9.85. The smallest absolute Gasteiger partial charge is 0.338 e. The minimum absolute atomic E-state index is 0.176. The summed E-state index contributed by atoms with van der Waals surface area (Å²) in [6.45, 7) is 4.10. The third-order valence-corrected chi connectivity index (χ3v) is 3.87. The Bertz CT molecular complexity index is 880. The van der Waals surface area contributed by atoms with Crippen molar-refractivity contribution >= 4 is 24.0 Å². The van der Waals surface area contributed by atoms with Gasteiger partial charge in [-0.05, 0) is 38.1 Å². The Labute approximate surface area is 150 Å². The van der Waals surface area contributed by atoms with E-state index in [-0.39, 0.29) is 17.6 Å². The van der Waals surface area contributed by atoms with E-state index in [4.69, 9.17) is 9.15 Å². The van der Waals surface area contributed by atoms with E-state index in [1.54, 1.807) is 50.2 Å². The normalized spacial score (nSPS) is 15.5. The number of carbonyl (C=O) groups is 3. The number of nitrogens with zero attached hydrogens (tertiary/aromatic N) is 1. The highest BCUT2D eigenvalue weighted by molar-refractivity contribution is 6.13. The largest absolute Gasteiger partial charge is 0.462 e. The average Bonchev–Trinajstić information content (AvgIpc) is 3.20. The second kappa shape index (κ2) is 7.26. The standard InChI is InChI=1S/C19H18N2O5/c1-3-21-17(22)15(20-19(21)24)11-14-9-10-16(26-14)12-5-7-13(8-6-12)18(23)25-4-2/h5-11H,3-4H2,1-2H3,(H,20,24)/b15-11+. The predicted molar refractivity (Wildman–Crippen MR) is 94.0 cm³/mol. The van der Waals surface area contributed by atoms with Gasteiger partial charge in [-0.2, -0.15) is 0 Å². The predicted octanol–water partition coefficient (Wildman–Crippen LogP) is 3.04. The van der Waals surface area contributed by atoms with Crippen LogP contribution in [0.2, 0.25) is 0 Å². The van der Waals surface area contributed by atoms with Crippen LogP contribution in [0.3, 0.4) is 0 Å². The minimum atomic E-state index is -0.440. The zero-order valence-electron chi connectivity index (χ0n) is 14.4. The van der Waals surface area contributed by atoms with Gasteiger partial charge in [0.1, 0.15) is 17.2 Å². The molecule has 134 valence electrons. The second-order valence-corrected chi connectivity index (χ2v) is 5.54. The van der Waals surface area contributed by atoms with Crippen LogP contribution in [0.25, 0.3) is 17.4 Å². The Balaban J connectivity index is 1.78. The highest BCUT2D eigenvalue weighted by Crippen LogP contribution is 2.24. The highest BCUT2D eigenvalue weighted by Gasteiger charge is 2.32. The van der Waals surface area contributed by atoms with Crippen LogP contribution in [0.15, 0.2) is 46.5 Å². The average molecular weight is 354 g/mol. The van der Waals surface area contributed by atoms with Crippen molar-refractivity contribution in [2.45, 2.75) is 13.8 Å². The molecule has 0 spiro atoms. The summed E-state index contributed by atoms with van der Waals surface area (Å²) in [5.41, 5.74) is 1.42. The van der Waals surface area contributed by atoms with Gasteiger partial charge in [0.2, 0.25) is 0 Å². The van der Waals surface area contributed by atoms with Gasteiger partial charge < -0.3 is 14.5 Å². The number of imide groups is 1. The van der Waals surface area contributed by atoms with Crippen molar-refractivity contribution in [3.63, 3.8) is 0 Å². The topological polar surface area (TPSA) is 88.9 Å². The van der Waals surface area contributed by atoms with Gasteiger partial charge in [0.25, 0.3) is 5.91 Å². The van der Waals surface area contributed by atoms with Gasteiger partial charge in [-0.3, -0.25) is 9.69 Å². The molecule has 2 aromatic rings. The van der Waals surface area contributed by atoms with E-state index >= 15 is 0 Å². The summed E-state index contributed by atoms with van der Waals surface area (Å²) in [5, 5.41) is 2.52. The molecule has 1 aromatic carbocycles. The molecule has 26 heavy (non-hydrogen) atoms. The van der Waals surface area contributed by atoms with E-state index in [0.717, 1.165) is 10.5 Å². The van der Waals surface area contributed by atoms with Crippen molar-refractivity contribution < 1.29 is 23.5 Å². The second-order valence-electron chi connectivity index (χ2n) is 5.54. The minimum Gasteiger partial charge on any atom is -0.462 e. The molecule has 3 rings (SSSR count). The van der Waals surface area contributed by atoms with Crippen molar-refractivity contribution in [3.8, 4) is 11.3 Å². The molecule has 1 aromatic heterocycles. The van der Waals surface area contributed by atoms with Gasteiger partial charge in [0, 0.05) is 18.2 Å². The first-order valence-electron chi connectivity index (χ1n) is 8.25. The van der Waals surface area contributed by atoms with Crippen LogP contribution in [-0.4, -0.2) is 36.0 Å². The summed E-state index contributed by atoms with van der Waals surface area (Å²) in [7, 11) is 0. The number of esters is 1. The van der Waals surface area contributed by atoms with E-state index in [1.165, 1.54) is 6.08 Å². The molecule has 0 aliphatic carbocycles. The number of nitrogens with one attached hydrogen (secondary N) is 1. The van der Waals surface area contributed by atoms with Crippen LogP contribution < -0.4 is 5.32 Å². The Morgan fingerprint density at radius 1 is 1.15 bits per heavy atom. The number of hydrogen-bond acceptors (Lipinski definition) is 5. The van der Waals surface area contributed by atoms with Crippen LogP contribution in [0.5, 0.6) is 0 Å². The molecule has 0 radical (unpaired) electrons. The Kier molecular flexibility index (Phi) is 4.88. The van der Waals surface area contributed by atoms with Crippen LogP contribution in [-0.2, 0) is 9.53 Å². The maximum atomic E-state index is 12.1. The SMILES string of the molecule is CCOC(=O)c1ccc(-c2ccc(/C=C3/NC(=O)N(CC)C3=O)o2)cc1. The molecule has 0 bridgehead atoms. The number of hydrogen-bond donors (Lipinski definition) is 1. The third-order valence-electron chi connectivity index (χ3n) is 3.87. The first-order valence-corrected chi connectivity index (χ1v) is 8.25. The lowest BCUT2D eigenvalue weighted by atomic mass is 10.1. The van der Waals surface area contributed by atoms with Gasteiger partial charge in [-0.25, -0.2) is 9.59 Å². The monoisotopic (exact) mass is 354 g/mol. The number of rotatable bonds is 5. The first kappa shape index (κ1) is 17.5. The van der Waals surface area contributed by atoms with Crippen molar-refractivity contribution in [2.75, 3.05) is 13.2 Å². The molecule has 7 nitrogen and oxygen atoms in total. The zero-order chi connectivity index (χ0) is 18.7. The number of benzene rings is 1. The number of likely N-dealkylation sites (N-methyl/N-ethyl adjacent to an activating group) is 1. The summed E-state index contributed by atoms with van der Waals surface area (Å²) >= 11 is 0. The van der Waals surface area contributed by atoms with Crippen LogP contribution in [0.1, 0.15) is 30.0 Å². The van der Waals surface area contributed by atoms with E-state index in [2.05, 4.69) is 5.32 Å². The lowest BCUT2D eigenvalue weighted by molar-refractivity contribution is -0.122. The van der Waals surface area contributed by atoms with E-state index in [1.807, 2.05) is 0 Å². The Morgan fingerprint density at radius 3 is 2.50 bits per heavy atom. The van der Waals surface area contributed by atoms with Crippen LogP contribution >= 0.6 is 0 Å². The number of urea groups is 1. The quantitative estimate of drug-likeness (QED) is 0.506. The van der Waals surface area contributed by atoms with Crippen molar-refractivity contribution in [2.24, 2.45) is 0 Å². The Hall–Kier alpha value is -3.35. The fraction of sp³-hybridized carbons (Fsp3) is 0.211. The Morgan fingerprint density at radius 2 is 1.88 bits per heavy atom. The molecule has 1 saturated heterocycles. The molecular weight excluding hydrogens is 336 g/mol. The molecule has 3 amide bonds. The maximum Gasteiger partial charge on any atom is 0.338 e. The molecule has 0 saturated carbocycles. The maximum absolute atomic E-state index is 12.1. The number of amides is 3. The number of carbonyl (C=O) groups excluding carboxylic acids is 3. The highest BCUT2D eigenvalue weighted by atomic mass is 16.5. The summed E-state index contributed by atoms with van der Waals surface area (Å²) in [6.07, 6.45) is 1.49. The molecule has 0 atom stereocenters. The van der Waals surface area contributed by atoms with E-state index < -0.39 is 6.03 Å². The molecule has 2 heterocycles. The zero-order valence-corrected chi connectivity index (χ0v) is 14.4. The summed E-state index contributed by atoms with van der Waals surface area (Å²) < 4.78 is 10.7. The van der Waals surface area contributed by atoms with E-state index in [0.29, 0.717) is 30.2 Å².